The Balaban J connectivity index is 0.00000243. The third kappa shape index (κ3) is 4.97. The number of aryl methyl sites for hydroxylation is 2. The first-order chi connectivity index (χ1) is 12.0. The second kappa shape index (κ2) is 9.17. The number of nitrogens with zero attached hydrogens (tertiary/aromatic N) is 4. The molecule has 0 saturated carbocycles. The van der Waals surface area contributed by atoms with Gasteiger partial charge in [-0.25, -0.2) is 9.97 Å². The highest BCUT2D eigenvalue weighted by Crippen LogP contribution is 2.35. The van der Waals surface area contributed by atoms with E-state index in [4.69, 9.17) is 9.72 Å². The maximum atomic E-state index is 9.41. The number of rotatable bonds is 7. The molecule has 0 atom stereocenters. The summed E-state index contributed by atoms with van der Waals surface area (Å²) < 4.78 is 7.64. The number of ether oxygens (including phenoxy) is 1. The monoisotopic (exact) mass is 400 g/mol. The van der Waals surface area contributed by atoms with E-state index in [1.54, 1.807) is 11.3 Å². The summed E-state index contributed by atoms with van der Waals surface area (Å²) in [5, 5.41) is 10.5. The number of morpholine rings is 1. The Morgan fingerprint density at radius 1 is 1.31 bits per heavy atom. The maximum Gasteiger partial charge on any atom is 0.186 e. The first-order valence-electron chi connectivity index (χ1n) is 8.92. The molecule has 6 nitrogen and oxygen atoms in total. The Hall–Kier alpha value is -1.15. The van der Waals surface area contributed by atoms with Gasteiger partial charge in [0, 0.05) is 26.2 Å². The number of halogens is 1. The number of aliphatic hydroxyl groups is 1. The zero-order valence-electron chi connectivity index (χ0n) is 15.8. The van der Waals surface area contributed by atoms with Gasteiger partial charge in [-0.2, -0.15) is 0 Å². The summed E-state index contributed by atoms with van der Waals surface area (Å²) in [6.07, 6.45) is 5.84. The van der Waals surface area contributed by atoms with Crippen LogP contribution in [0.1, 0.15) is 32.4 Å². The van der Waals surface area contributed by atoms with E-state index in [0.717, 1.165) is 62.2 Å². The molecule has 26 heavy (non-hydrogen) atoms. The molecule has 3 heterocycles. The van der Waals surface area contributed by atoms with Crippen molar-refractivity contribution >= 4 is 28.9 Å². The molecular formula is C18H29ClN4O2S. The quantitative estimate of drug-likeness (QED) is 0.771. The number of anilines is 1. The molecule has 2 aromatic rings. The van der Waals surface area contributed by atoms with Crippen LogP contribution in [-0.4, -0.2) is 52.6 Å². The van der Waals surface area contributed by atoms with Gasteiger partial charge in [-0.15, -0.1) is 12.4 Å². The van der Waals surface area contributed by atoms with Crippen LogP contribution in [0, 0.1) is 12.3 Å². The molecule has 3 rings (SSSR count). The smallest absolute Gasteiger partial charge is 0.186 e. The van der Waals surface area contributed by atoms with Gasteiger partial charge in [0.05, 0.1) is 42.0 Å². The highest BCUT2D eigenvalue weighted by Gasteiger charge is 2.20. The molecule has 1 fully saturated rings. The van der Waals surface area contributed by atoms with Gasteiger partial charge in [0.2, 0.25) is 0 Å². The molecule has 1 aliphatic heterocycles. The van der Waals surface area contributed by atoms with Crippen LogP contribution in [0.4, 0.5) is 5.13 Å². The van der Waals surface area contributed by atoms with Crippen molar-refractivity contribution in [1.29, 1.82) is 0 Å². The van der Waals surface area contributed by atoms with E-state index in [0.29, 0.717) is 0 Å². The second-order valence-electron chi connectivity index (χ2n) is 7.41. The summed E-state index contributed by atoms with van der Waals surface area (Å²) in [5.41, 5.74) is 2.17. The fourth-order valence-corrected chi connectivity index (χ4v) is 4.15. The van der Waals surface area contributed by atoms with Gasteiger partial charge in [0.1, 0.15) is 0 Å². The van der Waals surface area contributed by atoms with E-state index in [1.165, 1.54) is 4.88 Å². The summed E-state index contributed by atoms with van der Waals surface area (Å²) in [6, 6.07) is 0. The summed E-state index contributed by atoms with van der Waals surface area (Å²) in [5.74, 6) is 0. The summed E-state index contributed by atoms with van der Waals surface area (Å²) in [4.78, 5) is 12.6. The molecule has 0 amide bonds. The Morgan fingerprint density at radius 3 is 2.73 bits per heavy atom. The Labute approximate surface area is 165 Å². The summed E-state index contributed by atoms with van der Waals surface area (Å²) >= 11 is 1.74. The molecule has 2 aromatic heterocycles. The summed E-state index contributed by atoms with van der Waals surface area (Å²) in [6.45, 7) is 10.8. The van der Waals surface area contributed by atoms with Crippen LogP contribution in [0.5, 0.6) is 0 Å². The standard InChI is InChI=1S/C18H28N4O2S.ClH/c1-14-16(25-17(20-14)21-7-9-24-10-8-21)15-11-19-13-22(15)6-4-5-18(2,3)12-23;/h11,13,23H,4-10,12H2,1-3H3;1H. The van der Waals surface area contributed by atoms with Crippen LogP contribution in [0.15, 0.2) is 12.5 Å². The average molecular weight is 401 g/mol. The molecule has 0 radical (unpaired) electrons. The van der Waals surface area contributed by atoms with Crippen LogP contribution in [0.2, 0.25) is 0 Å². The van der Waals surface area contributed by atoms with Crippen LogP contribution in [0.3, 0.4) is 0 Å². The fourth-order valence-electron chi connectivity index (χ4n) is 3.00. The predicted octanol–water partition coefficient (Wildman–Crippen LogP) is 3.37. The summed E-state index contributed by atoms with van der Waals surface area (Å²) in [7, 11) is 0. The molecule has 1 saturated heterocycles. The van der Waals surface area contributed by atoms with Gasteiger partial charge >= 0.3 is 0 Å². The highest BCUT2D eigenvalue weighted by atomic mass is 35.5. The van der Waals surface area contributed by atoms with Crippen molar-refractivity contribution in [3.63, 3.8) is 0 Å². The van der Waals surface area contributed by atoms with Gasteiger partial charge in [-0.05, 0) is 25.2 Å². The van der Waals surface area contributed by atoms with Gasteiger partial charge in [0.25, 0.3) is 0 Å². The molecule has 0 unspecified atom stereocenters. The van der Waals surface area contributed by atoms with E-state index in [2.05, 4.69) is 35.2 Å². The predicted molar refractivity (Wildman–Crippen MR) is 108 cm³/mol. The van der Waals surface area contributed by atoms with Crippen molar-refractivity contribution in [3.05, 3.63) is 18.2 Å². The van der Waals surface area contributed by atoms with Crippen LogP contribution in [0.25, 0.3) is 10.6 Å². The lowest BCUT2D eigenvalue weighted by atomic mass is 9.89. The third-order valence-corrected chi connectivity index (χ3v) is 5.93. The number of imidazole rings is 1. The number of aliphatic hydroxyl groups excluding tert-OH is 1. The SMILES string of the molecule is Cc1nc(N2CCOCC2)sc1-c1cncn1CCCC(C)(C)CO.Cl. The van der Waals surface area contributed by atoms with E-state index < -0.39 is 0 Å². The number of hydrogen-bond donors (Lipinski definition) is 1. The molecule has 1 aliphatic rings. The molecule has 0 bridgehead atoms. The first kappa shape index (κ1) is 21.2. The van der Waals surface area contributed by atoms with Crippen molar-refractivity contribution in [3.8, 4) is 10.6 Å². The van der Waals surface area contributed by atoms with Gasteiger partial charge in [-0.3, -0.25) is 0 Å². The number of thiazole rings is 1. The minimum absolute atomic E-state index is 0. The van der Waals surface area contributed by atoms with Crippen LogP contribution >= 0.6 is 23.7 Å². The minimum Gasteiger partial charge on any atom is -0.396 e. The zero-order valence-corrected chi connectivity index (χ0v) is 17.4. The van der Waals surface area contributed by atoms with Crippen molar-refractivity contribution in [2.75, 3.05) is 37.8 Å². The third-order valence-electron chi connectivity index (χ3n) is 4.69. The topological polar surface area (TPSA) is 63.4 Å². The van der Waals surface area contributed by atoms with E-state index >= 15 is 0 Å². The molecule has 0 spiro atoms. The molecule has 0 aliphatic carbocycles. The largest absolute Gasteiger partial charge is 0.396 e. The van der Waals surface area contributed by atoms with E-state index in [1.807, 2.05) is 12.5 Å². The van der Waals surface area contributed by atoms with Crippen molar-refractivity contribution in [2.45, 2.75) is 40.2 Å². The Bertz CT molecular complexity index is 695. The lowest BCUT2D eigenvalue weighted by Crippen LogP contribution is -2.36. The molecular weight excluding hydrogens is 372 g/mol. The van der Waals surface area contributed by atoms with Crippen molar-refractivity contribution in [2.24, 2.45) is 5.41 Å². The van der Waals surface area contributed by atoms with Gasteiger partial charge < -0.3 is 19.3 Å². The van der Waals surface area contributed by atoms with Gasteiger partial charge in [-0.1, -0.05) is 25.2 Å². The lowest BCUT2D eigenvalue weighted by Gasteiger charge is -2.26. The fraction of sp³-hybridized carbons (Fsp3) is 0.667. The first-order valence-corrected chi connectivity index (χ1v) is 9.73. The van der Waals surface area contributed by atoms with Crippen molar-refractivity contribution < 1.29 is 9.84 Å². The number of aromatic nitrogens is 3. The molecule has 146 valence electrons. The average Bonchev–Trinajstić information content (AvgIpc) is 3.22. The normalized spacial score (nSPS) is 15.2. The Morgan fingerprint density at radius 2 is 2.04 bits per heavy atom. The Kier molecular flexibility index (Phi) is 7.46. The molecule has 8 heteroatoms. The van der Waals surface area contributed by atoms with Crippen LogP contribution < -0.4 is 4.90 Å². The van der Waals surface area contributed by atoms with Crippen LogP contribution in [-0.2, 0) is 11.3 Å². The maximum absolute atomic E-state index is 9.41. The minimum atomic E-state index is -0.0232. The zero-order chi connectivity index (χ0) is 17.9. The van der Waals surface area contributed by atoms with Crippen molar-refractivity contribution in [1.82, 2.24) is 14.5 Å². The highest BCUT2D eigenvalue weighted by molar-refractivity contribution is 7.19. The van der Waals surface area contributed by atoms with E-state index in [9.17, 15) is 5.11 Å². The number of hydrogen-bond acceptors (Lipinski definition) is 6. The second-order valence-corrected chi connectivity index (χ2v) is 8.39. The molecule has 0 aromatic carbocycles. The van der Waals surface area contributed by atoms with E-state index in [-0.39, 0.29) is 24.4 Å². The lowest BCUT2D eigenvalue weighted by molar-refractivity contribution is 0.122. The molecule has 1 N–H and O–H groups in total. The van der Waals surface area contributed by atoms with Gasteiger partial charge in [0.15, 0.2) is 5.13 Å².